The van der Waals surface area contributed by atoms with Crippen LogP contribution in [0.1, 0.15) is 32.1 Å². The number of aromatic nitrogens is 3. The van der Waals surface area contributed by atoms with Crippen LogP contribution in [0.15, 0.2) is 0 Å². The zero-order chi connectivity index (χ0) is 11.4. The lowest BCUT2D eigenvalue weighted by Gasteiger charge is -2.34. The van der Waals surface area contributed by atoms with E-state index in [4.69, 9.17) is 5.73 Å². The van der Waals surface area contributed by atoms with Crippen molar-refractivity contribution < 1.29 is 4.79 Å². The van der Waals surface area contributed by atoms with E-state index in [1.54, 1.807) is 0 Å². The first-order chi connectivity index (χ1) is 7.77. The van der Waals surface area contributed by atoms with Crippen molar-refractivity contribution >= 4 is 22.6 Å². The second-order valence-corrected chi connectivity index (χ2v) is 4.90. The van der Waals surface area contributed by atoms with Gasteiger partial charge in [-0.05, 0) is 18.1 Å². The molecule has 0 aliphatic heterocycles. The molecule has 1 saturated carbocycles. The van der Waals surface area contributed by atoms with Crippen LogP contribution >= 0.6 is 11.5 Å². The molecular formula is C9H15N5OS. The first-order valence-electron chi connectivity index (χ1n) is 5.43. The Morgan fingerprint density at radius 3 is 2.75 bits per heavy atom. The Balaban J connectivity index is 2.06. The van der Waals surface area contributed by atoms with Gasteiger partial charge in [0.1, 0.15) is 0 Å². The zero-order valence-electron chi connectivity index (χ0n) is 8.98. The molecule has 0 unspecified atom stereocenters. The predicted octanol–water partition coefficient (Wildman–Crippen LogP) is 0.781. The zero-order valence-corrected chi connectivity index (χ0v) is 9.79. The molecule has 7 heteroatoms. The van der Waals surface area contributed by atoms with E-state index >= 15 is 0 Å². The van der Waals surface area contributed by atoms with Crippen LogP contribution in [-0.4, -0.2) is 27.3 Å². The highest BCUT2D eigenvalue weighted by molar-refractivity contribution is 7.09. The smallest absolute Gasteiger partial charge is 0.233 e. The highest BCUT2D eigenvalue weighted by atomic mass is 32.1. The number of carbonyl (C=O) groups is 1. The predicted molar refractivity (Wildman–Crippen MR) is 60.9 cm³/mol. The number of nitrogens with zero attached hydrogens (tertiary/aromatic N) is 3. The third-order valence-corrected chi connectivity index (χ3v) is 3.71. The quantitative estimate of drug-likeness (QED) is 0.815. The lowest BCUT2D eigenvalue weighted by Crippen LogP contribution is -2.43. The van der Waals surface area contributed by atoms with Gasteiger partial charge in [0, 0.05) is 18.1 Å². The van der Waals surface area contributed by atoms with Gasteiger partial charge < -0.3 is 5.73 Å². The van der Waals surface area contributed by atoms with Gasteiger partial charge in [0.05, 0.1) is 5.41 Å². The van der Waals surface area contributed by atoms with Crippen LogP contribution in [0.3, 0.4) is 0 Å². The minimum Gasteiger partial charge on any atom is -0.329 e. The molecule has 16 heavy (non-hydrogen) atoms. The van der Waals surface area contributed by atoms with Crippen LogP contribution in [-0.2, 0) is 4.79 Å². The highest BCUT2D eigenvalue weighted by Gasteiger charge is 2.38. The first kappa shape index (κ1) is 11.4. The molecule has 0 aromatic carbocycles. The maximum atomic E-state index is 12.1. The third-order valence-electron chi connectivity index (χ3n) is 3.20. The van der Waals surface area contributed by atoms with Crippen LogP contribution < -0.4 is 11.1 Å². The molecule has 1 aliphatic carbocycles. The fourth-order valence-electron chi connectivity index (χ4n) is 2.16. The lowest BCUT2D eigenvalue weighted by molar-refractivity contribution is -0.126. The van der Waals surface area contributed by atoms with Gasteiger partial charge in [-0.25, -0.2) is 0 Å². The number of rotatable bonds is 3. The summed E-state index contributed by atoms with van der Waals surface area (Å²) in [6, 6.07) is 0. The maximum absolute atomic E-state index is 12.1. The van der Waals surface area contributed by atoms with E-state index in [0.717, 1.165) is 37.2 Å². The summed E-state index contributed by atoms with van der Waals surface area (Å²) in [5, 5.41) is 10.3. The van der Waals surface area contributed by atoms with Crippen molar-refractivity contribution in [3.8, 4) is 0 Å². The fourth-order valence-corrected chi connectivity index (χ4v) is 2.53. The largest absolute Gasteiger partial charge is 0.329 e. The number of nitrogens with two attached hydrogens (primary N) is 1. The van der Waals surface area contributed by atoms with Crippen molar-refractivity contribution in [1.82, 2.24) is 14.8 Å². The van der Waals surface area contributed by atoms with Gasteiger partial charge in [-0.2, -0.15) is 0 Å². The van der Waals surface area contributed by atoms with Gasteiger partial charge in [-0.3, -0.25) is 10.1 Å². The lowest BCUT2D eigenvalue weighted by atomic mass is 9.73. The standard InChI is InChI=1S/C9H15N5OS/c10-6-9(4-2-1-3-5-9)7(15)11-8-12-13-14-16-8/h1-6,10H2,(H,11,12,14,15). The van der Waals surface area contributed by atoms with Gasteiger partial charge in [-0.1, -0.05) is 28.8 Å². The Kier molecular flexibility index (Phi) is 3.45. The molecule has 6 nitrogen and oxygen atoms in total. The Labute approximate surface area is 97.8 Å². The average Bonchev–Trinajstić information content (AvgIpc) is 2.82. The minimum atomic E-state index is -0.413. The van der Waals surface area contributed by atoms with E-state index in [1.165, 1.54) is 6.42 Å². The molecule has 3 N–H and O–H groups in total. The second-order valence-electron chi connectivity index (χ2n) is 4.17. The molecule has 0 bridgehead atoms. The minimum absolute atomic E-state index is 0.0340. The van der Waals surface area contributed by atoms with E-state index in [9.17, 15) is 4.79 Å². The second kappa shape index (κ2) is 4.84. The summed E-state index contributed by atoms with van der Waals surface area (Å²) in [7, 11) is 0. The van der Waals surface area contributed by atoms with Crippen molar-refractivity contribution in [3.63, 3.8) is 0 Å². The van der Waals surface area contributed by atoms with Crippen LogP contribution in [0.4, 0.5) is 5.13 Å². The molecule has 1 amide bonds. The van der Waals surface area contributed by atoms with E-state index in [0.29, 0.717) is 11.7 Å². The van der Waals surface area contributed by atoms with Gasteiger partial charge in [0.2, 0.25) is 11.0 Å². The molecule has 0 spiro atoms. The topological polar surface area (TPSA) is 93.8 Å². The molecule has 2 rings (SSSR count). The summed E-state index contributed by atoms with van der Waals surface area (Å²) in [6.45, 7) is 0.394. The van der Waals surface area contributed by atoms with E-state index in [-0.39, 0.29) is 5.91 Å². The summed E-state index contributed by atoms with van der Waals surface area (Å²) in [6.07, 6.45) is 5.05. The summed E-state index contributed by atoms with van der Waals surface area (Å²) in [5.41, 5.74) is 5.35. The molecule has 0 saturated heterocycles. The van der Waals surface area contributed by atoms with Crippen molar-refractivity contribution in [3.05, 3.63) is 0 Å². The van der Waals surface area contributed by atoms with Crippen molar-refractivity contribution in [2.75, 3.05) is 11.9 Å². The Hall–Kier alpha value is -1.08. The number of hydrogen-bond acceptors (Lipinski definition) is 6. The molecule has 1 heterocycles. The Morgan fingerprint density at radius 1 is 1.44 bits per heavy atom. The molecule has 1 aromatic heterocycles. The van der Waals surface area contributed by atoms with E-state index in [1.807, 2.05) is 0 Å². The van der Waals surface area contributed by atoms with Crippen molar-refractivity contribution in [2.24, 2.45) is 11.1 Å². The molecule has 0 radical (unpaired) electrons. The molecule has 0 atom stereocenters. The molecule has 88 valence electrons. The summed E-state index contributed by atoms with van der Waals surface area (Å²) in [4.78, 5) is 12.1. The highest BCUT2D eigenvalue weighted by Crippen LogP contribution is 2.36. The van der Waals surface area contributed by atoms with E-state index < -0.39 is 5.41 Å². The third kappa shape index (κ3) is 2.19. The number of carbonyl (C=O) groups excluding carboxylic acids is 1. The number of amides is 1. The average molecular weight is 241 g/mol. The van der Waals surface area contributed by atoms with Gasteiger partial charge in [0.15, 0.2) is 0 Å². The first-order valence-corrected chi connectivity index (χ1v) is 6.21. The summed E-state index contributed by atoms with van der Waals surface area (Å²) in [5.74, 6) is -0.0340. The number of anilines is 1. The normalized spacial score (nSPS) is 19.3. The van der Waals surface area contributed by atoms with Crippen LogP contribution in [0.2, 0.25) is 0 Å². The van der Waals surface area contributed by atoms with E-state index in [2.05, 4.69) is 20.1 Å². The summed E-state index contributed by atoms with van der Waals surface area (Å²) < 4.78 is 3.60. The van der Waals surface area contributed by atoms with Crippen LogP contribution in [0.5, 0.6) is 0 Å². The van der Waals surface area contributed by atoms with Crippen LogP contribution in [0, 0.1) is 5.41 Å². The molecule has 1 aromatic rings. The summed E-state index contributed by atoms with van der Waals surface area (Å²) >= 11 is 1.08. The maximum Gasteiger partial charge on any atom is 0.233 e. The molecule has 1 fully saturated rings. The van der Waals surface area contributed by atoms with Crippen LogP contribution in [0.25, 0.3) is 0 Å². The number of nitrogens with one attached hydrogen (secondary N) is 1. The fraction of sp³-hybridized carbons (Fsp3) is 0.778. The van der Waals surface area contributed by atoms with Crippen molar-refractivity contribution in [1.29, 1.82) is 0 Å². The molecular weight excluding hydrogens is 226 g/mol. The SMILES string of the molecule is NCC1(C(=O)Nc2nnns2)CCCCC1. The van der Waals surface area contributed by atoms with Gasteiger partial charge in [-0.15, -0.1) is 0 Å². The Bertz CT molecular complexity index is 347. The molecule has 1 aliphatic rings. The Morgan fingerprint density at radius 2 is 2.19 bits per heavy atom. The van der Waals surface area contributed by atoms with Crippen molar-refractivity contribution in [2.45, 2.75) is 32.1 Å². The van der Waals surface area contributed by atoms with Gasteiger partial charge in [0.25, 0.3) is 0 Å². The number of hydrogen-bond donors (Lipinski definition) is 2. The van der Waals surface area contributed by atoms with Gasteiger partial charge >= 0.3 is 0 Å². The monoisotopic (exact) mass is 241 g/mol.